The van der Waals surface area contributed by atoms with Crippen LogP contribution in [0.15, 0.2) is 24.3 Å². The Morgan fingerprint density at radius 1 is 0.755 bits per heavy atom. The average molecular weight is 749 g/mol. The monoisotopic (exact) mass is 749 g/mol. The van der Waals surface area contributed by atoms with E-state index < -0.39 is 36.8 Å². The molecule has 1 fully saturated rings. The Hall–Kier alpha value is -2.03. The minimum Gasteiger partial charge on any atom is -0.462 e. The lowest BCUT2D eigenvalue weighted by molar-refractivity contribution is -0.161. The molecule has 0 aromatic carbocycles. The maximum Gasteiger partial charge on any atom is 0.306 e. The van der Waals surface area contributed by atoms with Gasteiger partial charge in [-0.1, -0.05) is 167 Å². The molecule has 0 radical (unpaired) electrons. The summed E-state index contributed by atoms with van der Waals surface area (Å²) in [5.74, 6) is -0.548. The quantitative estimate of drug-likeness (QED) is 0.0332. The molecule has 0 aliphatic heterocycles. The van der Waals surface area contributed by atoms with Gasteiger partial charge >= 0.3 is 11.9 Å². The Bertz CT molecular complexity index is 976. The van der Waals surface area contributed by atoms with E-state index in [0.29, 0.717) is 32.1 Å². The van der Waals surface area contributed by atoms with Crippen LogP contribution in [-0.2, 0) is 23.9 Å². The predicted octanol–water partition coefficient (Wildman–Crippen LogP) is 10.3. The van der Waals surface area contributed by atoms with E-state index in [1.807, 2.05) is 12.2 Å². The molecule has 0 aromatic heterocycles. The Balaban J connectivity index is 2.05. The number of ether oxygens (including phenoxy) is 2. The molecule has 53 heavy (non-hydrogen) atoms. The average Bonchev–Trinajstić information content (AvgIpc) is 3.40. The number of ketones is 1. The molecule has 1 rings (SSSR count). The first-order valence-corrected chi connectivity index (χ1v) is 21.9. The maximum absolute atomic E-state index is 12.4. The standard InChI is InChI=1S/C45H80O8/c1-4-5-22-28-38(47)32-33-41-40(42(48)34-43(41)49)29-24-20-21-25-30-44(50)52-36-39(35-46)53-45(51)31-26-19-17-15-13-11-9-7-6-8-10-12-14-16-18-23-27-37(2)3/h20,24,32-33,37-42,46-48H,4-19,21-23,25-31,34-36H2,1-3H3/b24-20-,33-32+/t38-,39-,40+,41+,42-/m0/s1. The molecule has 0 saturated heterocycles. The van der Waals surface area contributed by atoms with Crippen molar-refractivity contribution in [2.75, 3.05) is 13.2 Å². The molecule has 3 N–H and O–H groups in total. The fourth-order valence-corrected chi connectivity index (χ4v) is 7.13. The van der Waals surface area contributed by atoms with Gasteiger partial charge in [-0.2, -0.15) is 0 Å². The Kier molecular flexibility index (Phi) is 30.8. The van der Waals surface area contributed by atoms with E-state index in [1.165, 1.54) is 89.9 Å². The van der Waals surface area contributed by atoms with E-state index in [9.17, 15) is 29.7 Å². The molecule has 0 spiro atoms. The van der Waals surface area contributed by atoms with Crippen LogP contribution in [-0.4, -0.2) is 64.6 Å². The smallest absolute Gasteiger partial charge is 0.306 e. The van der Waals surface area contributed by atoms with Gasteiger partial charge in [0.2, 0.25) is 0 Å². The van der Waals surface area contributed by atoms with Crippen molar-refractivity contribution in [3.05, 3.63) is 24.3 Å². The summed E-state index contributed by atoms with van der Waals surface area (Å²) in [4.78, 5) is 36.9. The summed E-state index contributed by atoms with van der Waals surface area (Å²) >= 11 is 0. The third-order valence-electron chi connectivity index (χ3n) is 10.6. The van der Waals surface area contributed by atoms with Gasteiger partial charge in [0, 0.05) is 31.1 Å². The lowest BCUT2D eigenvalue weighted by Crippen LogP contribution is -2.28. The molecule has 1 aliphatic rings. The van der Waals surface area contributed by atoms with Crippen molar-refractivity contribution in [2.45, 2.75) is 212 Å². The van der Waals surface area contributed by atoms with Crippen molar-refractivity contribution in [2.24, 2.45) is 17.8 Å². The van der Waals surface area contributed by atoms with Crippen molar-refractivity contribution in [1.82, 2.24) is 0 Å². The van der Waals surface area contributed by atoms with Crippen LogP contribution in [0.4, 0.5) is 0 Å². The van der Waals surface area contributed by atoms with Crippen LogP contribution in [0.3, 0.4) is 0 Å². The van der Waals surface area contributed by atoms with Gasteiger partial charge < -0.3 is 24.8 Å². The van der Waals surface area contributed by atoms with Crippen LogP contribution in [0.2, 0.25) is 0 Å². The van der Waals surface area contributed by atoms with Crippen molar-refractivity contribution >= 4 is 17.7 Å². The molecule has 5 atom stereocenters. The highest BCUT2D eigenvalue weighted by atomic mass is 16.6. The zero-order chi connectivity index (χ0) is 38.9. The number of carbonyl (C=O) groups excluding carboxylic acids is 3. The summed E-state index contributed by atoms with van der Waals surface area (Å²) in [6.45, 7) is 6.18. The number of rotatable bonds is 35. The molecular weight excluding hydrogens is 668 g/mol. The molecule has 0 heterocycles. The van der Waals surface area contributed by atoms with E-state index in [1.54, 1.807) is 12.2 Å². The first kappa shape index (κ1) is 49.0. The number of allylic oxidation sites excluding steroid dienone is 3. The Labute approximate surface area is 324 Å². The van der Waals surface area contributed by atoms with Gasteiger partial charge in [-0.25, -0.2) is 0 Å². The first-order chi connectivity index (χ1) is 25.7. The van der Waals surface area contributed by atoms with E-state index in [4.69, 9.17) is 9.47 Å². The fourth-order valence-electron chi connectivity index (χ4n) is 7.13. The maximum atomic E-state index is 12.4. The molecule has 0 bridgehead atoms. The van der Waals surface area contributed by atoms with Crippen LogP contribution in [0.1, 0.15) is 194 Å². The topological polar surface area (TPSA) is 130 Å². The molecule has 308 valence electrons. The Morgan fingerprint density at radius 3 is 1.87 bits per heavy atom. The highest BCUT2D eigenvalue weighted by Crippen LogP contribution is 2.33. The highest BCUT2D eigenvalue weighted by molar-refractivity contribution is 5.86. The van der Waals surface area contributed by atoms with E-state index in [0.717, 1.165) is 44.4 Å². The number of aliphatic hydroxyl groups excluding tert-OH is 3. The molecule has 1 saturated carbocycles. The lowest BCUT2D eigenvalue weighted by Gasteiger charge is -2.17. The molecule has 0 unspecified atom stereocenters. The molecule has 1 aliphatic carbocycles. The zero-order valence-electron chi connectivity index (χ0n) is 34.2. The van der Waals surface area contributed by atoms with Gasteiger partial charge in [-0.3, -0.25) is 14.4 Å². The summed E-state index contributed by atoms with van der Waals surface area (Å²) in [5.41, 5.74) is 0. The van der Waals surface area contributed by atoms with Gasteiger partial charge in [0.25, 0.3) is 0 Å². The van der Waals surface area contributed by atoms with Crippen molar-refractivity contribution in [3.63, 3.8) is 0 Å². The second kappa shape index (κ2) is 33.3. The van der Waals surface area contributed by atoms with Crippen molar-refractivity contribution < 1.29 is 39.2 Å². The van der Waals surface area contributed by atoms with Crippen molar-refractivity contribution in [3.8, 4) is 0 Å². The first-order valence-electron chi connectivity index (χ1n) is 21.9. The van der Waals surface area contributed by atoms with Gasteiger partial charge in [0.15, 0.2) is 6.10 Å². The van der Waals surface area contributed by atoms with E-state index >= 15 is 0 Å². The number of aliphatic hydroxyl groups is 3. The number of hydrogen-bond acceptors (Lipinski definition) is 8. The third-order valence-corrected chi connectivity index (χ3v) is 10.6. The lowest BCUT2D eigenvalue weighted by atomic mass is 9.90. The molecule has 0 aromatic rings. The van der Waals surface area contributed by atoms with Gasteiger partial charge in [-0.15, -0.1) is 0 Å². The van der Waals surface area contributed by atoms with Crippen LogP contribution in [0.25, 0.3) is 0 Å². The molecule has 0 amide bonds. The van der Waals surface area contributed by atoms with Crippen molar-refractivity contribution in [1.29, 1.82) is 0 Å². The number of Topliss-reactive ketones (excluding diaryl/α,β-unsaturated/α-hetero) is 1. The molecule has 8 heteroatoms. The van der Waals surface area contributed by atoms with Gasteiger partial charge in [-0.05, 0) is 38.0 Å². The number of unbranched alkanes of at least 4 members (excludes halogenated alkanes) is 18. The summed E-state index contributed by atoms with van der Waals surface area (Å²) in [6, 6.07) is 0. The number of esters is 2. The van der Waals surface area contributed by atoms with Gasteiger partial charge in [0.1, 0.15) is 12.4 Å². The second-order valence-electron chi connectivity index (χ2n) is 16.0. The van der Waals surface area contributed by atoms with Crippen LogP contribution >= 0.6 is 0 Å². The minimum atomic E-state index is -0.856. The predicted molar refractivity (Wildman–Crippen MR) is 215 cm³/mol. The highest BCUT2D eigenvalue weighted by Gasteiger charge is 2.39. The number of hydrogen-bond donors (Lipinski definition) is 3. The van der Waals surface area contributed by atoms with Crippen LogP contribution < -0.4 is 0 Å². The number of carbonyl (C=O) groups is 3. The minimum absolute atomic E-state index is 0.00274. The SMILES string of the molecule is CCCCC[C@H](O)/C=C/[C@H]1C(=O)C[C@H](O)[C@@H]1C/C=C\CCCC(=O)OC[C@H](CO)OC(=O)CCCCCCCCCCCCCCCCCCC(C)C. The van der Waals surface area contributed by atoms with Crippen LogP contribution in [0, 0.1) is 17.8 Å². The van der Waals surface area contributed by atoms with E-state index in [-0.39, 0.29) is 37.1 Å². The molecule has 8 nitrogen and oxygen atoms in total. The van der Waals surface area contributed by atoms with E-state index in [2.05, 4.69) is 20.8 Å². The largest absolute Gasteiger partial charge is 0.462 e. The third kappa shape index (κ3) is 27.2. The second-order valence-corrected chi connectivity index (χ2v) is 16.0. The zero-order valence-corrected chi connectivity index (χ0v) is 34.2. The summed E-state index contributed by atoms with van der Waals surface area (Å²) in [6.07, 6.45) is 33.2. The van der Waals surface area contributed by atoms with Crippen LogP contribution in [0.5, 0.6) is 0 Å². The summed E-state index contributed by atoms with van der Waals surface area (Å²) in [5, 5.41) is 30.2. The summed E-state index contributed by atoms with van der Waals surface area (Å²) in [7, 11) is 0. The van der Waals surface area contributed by atoms with Gasteiger partial charge in [0.05, 0.1) is 18.8 Å². The fraction of sp³-hybridized carbons (Fsp3) is 0.844. The summed E-state index contributed by atoms with van der Waals surface area (Å²) < 4.78 is 10.6. The Morgan fingerprint density at radius 2 is 1.30 bits per heavy atom. The molecular formula is C45H80O8. The normalized spacial score (nSPS) is 18.8.